The highest BCUT2D eigenvalue weighted by Crippen LogP contribution is 2.50. The van der Waals surface area contributed by atoms with Crippen LogP contribution in [-0.4, -0.2) is 62.1 Å². The van der Waals surface area contributed by atoms with Gasteiger partial charge in [-0.1, -0.05) is 0 Å². The summed E-state index contributed by atoms with van der Waals surface area (Å²) in [6.45, 7) is 0. The van der Waals surface area contributed by atoms with E-state index in [1.807, 2.05) is 0 Å². The summed E-state index contributed by atoms with van der Waals surface area (Å²) in [4.78, 5) is -4.36. The quantitative estimate of drug-likeness (QED) is 0.0736. The van der Waals surface area contributed by atoms with Crippen LogP contribution in [0.2, 0.25) is 0 Å². The number of aromatic hydroxyl groups is 2. The monoisotopic (exact) mass is 718 g/mol. The molecule has 0 atom stereocenters. The highest BCUT2D eigenvalue weighted by molar-refractivity contribution is 7.86. The molecule has 24 heteroatoms. The smallest absolute Gasteiger partial charge is 0.296 e. The summed E-state index contributed by atoms with van der Waals surface area (Å²) in [7, 11) is -20.8. The fourth-order valence-corrected chi connectivity index (χ4v) is 6.57. The maximum absolute atomic E-state index is 12.3. The summed E-state index contributed by atoms with van der Waals surface area (Å²) >= 11 is 0. The zero-order valence-corrected chi connectivity index (χ0v) is 25.4. The molecule has 4 aromatic rings. The Labute approximate surface area is 258 Å². The number of hydrogen-bond donors (Lipinski definition) is 8. The van der Waals surface area contributed by atoms with Crippen LogP contribution in [0.5, 0.6) is 11.5 Å². The van der Waals surface area contributed by atoms with E-state index >= 15 is 0 Å². The van der Waals surface area contributed by atoms with Gasteiger partial charge in [-0.15, -0.1) is 20.5 Å². The minimum Gasteiger partial charge on any atom is -0.505 e. The third-order valence-corrected chi connectivity index (χ3v) is 9.38. The Hall–Kier alpha value is -4.82. The van der Waals surface area contributed by atoms with Crippen molar-refractivity contribution in [2.75, 3.05) is 11.5 Å². The van der Waals surface area contributed by atoms with Crippen LogP contribution < -0.4 is 11.5 Å². The van der Waals surface area contributed by atoms with Crippen LogP contribution in [0.1, 0.15) is 0 Å². The lowest BCUT2D eigenvalue weighted by Gasteiger charge is -2.14. The standard InChI is InChI=1S/C22H18N6O14S4/c23-9-1-3-12(16(5-9)44(34,35)36)25-27-14-8-15(43(31,32)33)11-7-18(46(40,41)42)20(22(30)19(11)21(14)29)28-26-13-4-2-10(24)6-17(13)45(37,38)39/h1-8,29-30H,23-24H2,(H,31,32,33)(H,34,35,36)(H,37,38,39)(H,40,41,42)/b27-25+,28-26+. The molecule has 0 aliphatic rings. The summed E-state index contributed by atoms with van der Waals surface area (Å²) in [6.07, 6.45) is 0. The van der Waals surface area contributed by atoms with E-state index in [-0.39, 0.29) is 11.4 Å². The molecule has 0 aliphatic heterocycles. The van der Waals surface area contributed by atoms with Gasteiger partial charge in [0.05, 0.1) is 5.39 Å². The van der Waals surface area contributed by atoms with E-state index in [0.29, 0.717) is 12.1 Å². The molecule has 4 rings (SSSR count). The lowest BCUT2D eigenvalue weighted by atomic mass is 10.1. The normalized spacial score (nSPS) is 13.2. The number of rotatable bonds is 8. The second-order valence-electron chi connectivity index (χ2n) is 8.99. The maximum atomic E-state index is 12.3. The topological polar surface area (TPSA) is 359 Å². The molecule has 0 aliphatic carbocycles. The Kier molecular flexibility index (Phi) is 8.53. The minimum absolute atomic E-state index is 0.127. The van der Waals surface area contributed by atoms with Crippen molar-refractivity contribution in [1.29, 1.82) is 0 Å². The van der Waals surface area contributed by atoms with Gasteiger partial charge in [-0.2, -0.15) is 33.7 Å². The van der Waals surface area contributed by atoms with Crippen molar-refractivity contribution >= 4 is 85.4 Å². The van der Waals surface area contributed by atoms with Gasteiger partial charge in [0.2, 0.25) is 0 Å². The summed E-state index contributed by atoms with van der Waals surface area (Å²) < 4.78 is 135. The van der Waals surface area contributed by atoms with Gasteiger partial charge in [0, 0.05) is 16.8 Å². The van der Waals surface area contributed by atoms with Crippen molar-refractivity contribution in [3.63, 3.8) is 0 Å². The number of phenols is 2. The number of phenolic OH excluding ortho intramolecular Hbond substituents is 2. The number of nitrogen functional groups attached to an aromatic ring is 2. The second-order valence-corrected chi connectivity index (χ2v) is 14.6. The van der Waals surface area contributed by atoms with Gasteiger partial charge >= 0.3 is 0 Å². The van der Waals surface area contributed by atoms with E-state index < -0.39 is 105 Å². The molecule has 10 N–H and O–H groups in total. The third-order valence-electron chi connectivity index (χ3n) is 5.85. The highest BCUT2D eigenvalue weighted by atomic mass is 32.2. The van der Waals surface area contributed by atoms with Crippen LogP contribution in [0.25, 0.3) is 10.8 Å². The Morgan fingerprint density at radius 3 is 1.33 bits per heavy atom. The Morgan fingerprint density at radius 2 is 0.891 bits per heavy atom. The third kappa shape index (κ3) is 6.87. The molecule has 46 heavy (non-hydrogen) atoms. The van der Waals surface area contributed by atoms with Crippen molar-refractivity contribution in [3.8, 4) is 11.5 Å². The van der Waals surface area contributed by atoms with E-state index in [4.69, 9.17) is 11.5 Å². The van der Waals surface area contributed by atoms with Crippen molar-refractivity contribution in [1.82, 2.24) is 0 Å². The van der Waals surface area contributed by atoms with Crippen molar-refractivity contribution in [2.24, 2.45) is 20.5 Å². The number of hydrogen-bond acceptors (Lipinski definition) is 16. The molecule has 0 saturated carbocycles. The number of nitrogens with two attached hydrogens (primary N) is 2. The Bertz CT molecular complexity index is 2460. The summed E-state index contributed by atoms with van der Waals surface area (Å²) in [5, 5.41) is 34.1. The van der Waals surface area contributed by atoms with Gasteiger partial charge in [-0.3, -0.25) is 18.2 Å². The molecule has 0 heterocycles. The average molecular weight is 719 g/mol. The van der Waals surface area contributed by atoms with Crippen LogP contribution in [0.15, 0.2) is 88.6 Å². The SMILES string of the molecule is Nc1ccc(/N=N/c2cc(S(=O)(=O)O)c3cc(S(=O)(=O)O)c(/N=N/c4ccc(N)cc4S(=O)(=O)O)c(O)c3c2O)c(S(=O)(=O)O)c1. The van der Waals surface area contributed by atoms with Crippen LogP contribution >= 0.6 is 0 Å². The van der Waals surface area contributed by atoms with Gasteiger partial charge < -0.3 is 21.7 Å². The first kappa shape index (κ1) is 34.1. The van der Waals surface area contributed by atoms with Crippen LogP contribution in [0, 0.1) is 0 Å². The van der Waals surface area contributed by atoms with E-state index in [1.165, 1.54) is 0 Å². The molecular formula is C22H18N6O14S4. The van der Waals surface area contributed by atoms with Gasteiger partial charge in [0.15, 0.2) is 11.5 Å². The molecule has 0 amide bonds. The summed E-state index contributed by atoms with van der Waals surface area (Å²) in [5.74, 6) is -2.61. The fraction of sp³-hybridized carbons (Fsp3) is 0. The van der Waals surface area contributed by atoms with Crippen LogP contribution in [0.4, 0.5) is 34.1 Å². The molecule has 20 nitrogen and oxygen atoms in total. The number of azo groups is 2. The largest absolute Gasteiger partial charge is 0.505 e. The lowest BCUT2D eigenvalue weighted by molar-refractivity contribution is 0.460. The molecule has 0 unspecified atom stereocenters. The predicted octanol–water partition coefficient (Wildman–Crippen LogP) is 3.23. The second kappa shape index (κ2) is 11.5. The number of nitrogens with zero attached hydrogens (tertiary/aromatic N) is 4. The zero-order chi connectivity index (χ0) is 34.6. The average Bonchev–Trinajstić information content (AvgIpc) is 2.90. The first-order valence-electron chi connectivity index (χ1n) is 11.6. The fourth-order valence-electron chi connectivity index (χ4n) is 3.90. The molecule has 0 spiro atoms. The maximum Gasteiger partial charge on any atom is 0.296 e. The van der Waals surface area contributed by atoms with E-state index in [0.717, 1.165) is 36.4 Å². The molecule has 244 valence electrons. The van der Waals surface area contributed by atoms with Gasteiger partial charge in [-0.25, -0.2) is 0 Å². The van der Waals surface area contributed by atoms with Crippen LogP contribution in [0.3, 0.4) is 0 Å². The summed E-state index contributed by atoms with van der Waals surface area (Å²) in [6, 6.07) is 6.46. The highest BCUT2D eigenvalue weighted by Gasteiger charge is 2.29. The Balaban J connectivity index is 2.08. The van der Waals surface area contributed by atoms with Gasteiger partial charge in [-0.05, 0) is 48.5 Å². The van der Waals surface area contributed by atoms with Gasteiger partial charge in [0.1, 0.15) is 42.3 Å². The van der Waals surface area contributed by atoms with E-state index in [2.05, 4.69) is 20.5 Å². The molecule has 0 fully saturated rings. The van der Waals surface area contributed by atoms with E-state index in [9.17, 15) is 62.1 Å². The molecule has 0 radical (unpaired) electrons. The minimum atomic E-state index is -5.44. The molecular weight excluding hydrogens is 701 g/mol. The van der Waals surface area contributed by atoms with Crippen molar-refractivity contribution < 1.29 is 62.1 Å². The van der Waals surface area contributed by atoms with Crippen molar-refractivity contribution in [3.05, 3.63) is 48.5 Å². The van der Waals surface area contributed by atoms with Crippen molar-refractivity contribution in [2.45, 2.75) is 19.6 Å². The van der Waals surface area contributed by atoms with E-state index in [1.54, 1.807) is 0 Å². The first-order valence-corrected chi connectivity index (χ1v) is 17.3. The molecule has 0 bridgehead atoms. The molecule has 0 saturated heterocycles. The number of benzene rings is 4. The van der Waals surface area contributed by atoms with Crippen LogP contribution in [-0.2, 0) is 40.5 Å². The Morgan fingerprint density at radius 1 is 0.478 bits per heavy atom. The number of anilines is 2. The molecule has 4 aromatic carbocycles. The molecule has 0 aromatic heterocycles. The zero-order valence-electron chi connectivity index (χ0n) is 22.1. The lowest BCUT2D eigenvalue weighted by Crippen LogP contribution is -2.03. The first-order chi connectivity index (χ1) is 21.0. The predicted molar refractivity (Wildman–Crippen MR) is 157 cm³/mol. The number of fused-ring (bicyclic) bond motifs is 1. The van der Waals surface area contributed by atoms with Gasteiger partial charge in [0.25, 0.3) is 40.5 Å². The summed E-state index contributed by atoms with van der Waals surface area (Å²) in [5.41, 5.74) is 7.39.